The Labute approximate surface area is 113 Å². The van der Waals surface area contributed by atoms with E-state index in [1.807, 2.05) is 6.92 Å². The number of aliphatic hydroxyl groups is 2. The molecule has 0 aromatic carbocycles. The van der Waals surface area contributed by atoms with Gasteiger partial charge in [0.15, 0.2) is 0 Å². The Morgan fingerprint density at radius 1 is 0.947 bits per heavy atom. The Hall–Kier alpha value is -1.22. The molecule has 0 rings (SSSR count). The third-order valence-corrected chi connectivity index (χ3v) is 0.735. The number of methoxy groups -OCH3 is 1. The van der Waals surface area contributed by atoms with E-state index in [9.17, 15) is 0 Å². The minimum absolute atomic E-state index is 0.122. The van der Waals surface area contributed by atoms with Crippen LogP contribution in [0.25, 0.3) is 0 Å². The molecule has 0 aliphatic rings. The van der Waals surface area contributed by atoms with Gasteiger partial charge in [0.05, 0.1) is 26.4 Å². The Morgan fingerprint density at radius 2 is 1.26 bits per heavy atom. The Balaban J connectivity index is -0.0000000803. The van der Waals surface area contributed by atoms with E-state index in [1.54, 1.807) is 7.11 Å². The summed E-state index contributed by atoms with van der Waals surface area (Å²) in [5.41, 5.74) is 0. The number of carbonyl (C=O) groups is 2. The SMILES string of the molecule is CC(=O)O.CC(=O)O.CCOCCO.COCCO. The lowest BCUT2D eigenvalue weighted by Crippen LogP contribution is -1.96. The highest BCUT2D eigenvalue weighted by atomic mass is 16.5. The number of aliphatic carboxylic acids is 2. The Morgan fingerprint density at radius 3 is 1.32 bits per heavy atom. The van der Waals surface area contributed by atoms with Gasteiger partial charge in [0, 0.05) is 27.6 Å². The van der Waals surface area contributed by atoms with Crippen LogP contribution in [0.2, 0.25) is 0 Å². The fourth-order valence-corrected chi connectivity index (χ4v) is 0.300. The lowest BCUT2D eigenvalue weighted by molar-refractivity contribution is -0.135. The van der Waals surface area contributed by atoms with Gasteiger partial charge >= 0.3 is 0 Å². The lowest BCUT2D eigenvalue weighted by Gasteiger charge is -1.91. The molecule has 0 aliphatic heterocycles. The van der Waals surface area contributed by atoms with Crippen LogP contribution in [-0.2, 0) is 19.1 Å². The van der Waals surface area contributed by atoms with E-state index in [4.69, 9.17) is 34.8 Å². The molecule has 0 heterocycles. The van der Waals surface area contributed by atoms with Crippen molar-refractivity contribution in [2.75, 3.05) is 40.1 Å². The number of hydrogen-bond acceptors (Lipinski definition) is 6. The van der Waals surface area contributed by atoms with Crippen molar-refractivity contribution in [2.24, 2.45) is 0 Å². The van der Waals surface area contributed by atoms with Gasteiger partial charge in [0.25, 0.3) is 11.9 Å². The third-order valence-electron chi connectivity index (χ3n) is 0.735. The summed E-state index contributed by atoms with van der Waals surface area (Å²) in [4.78, 5) is 18.0. The van der Waals surface area contributed by atoms with E-state index in [2.05, 4.69) is 4.74 Å². The van der Waals surface area contributed by atoms with Crippen LogP contribution < -0.4 is 0 Å². The molecule has 0 aromatic heterocycles. The van der Waals surface area contributed by atoms with Gasteiger partial charge in [0.2, 0.25) is 0 Å². The largest absolute Gasteiger partial charge is 0.481 e. The maximum atomic E-state index is 9.00. The van der Waals surface area contributed by atoms with Crippen molar-refractivity contribution in [1.82, 2.24) is 0 Å². The van der Waals surface area contributed by atoms with Crippen molar-refractivity contribution in [3.8, 4) is 0 Å². The molecule has 0 unspecified atom stereocenters. The molecular weight excluding hydrogens is 260 g/mol. The van der Waals surface area contributed by atoms with Crippen molar-refractivity contribution < 1.29 is 39.5 Å². The number of carboxylic acid groups (broad SMARTS) is 2. The normalized spacial score (nSPS) is 7.68. The van der Waals surface area contributed by atoms with Crippen molar-refractivity contribution in [3.05, 3.63) is 0 Å². The fraction of sp³-hybridized carbons (Fsp3) is 0.818. The van der Waals surface area contributed by atoms with Gasteiger partial charge in [-0.15, -0.1) is 0 Å². The Kier molecular flexibility index (Phi) is 41.8. The van der Waals surface area contributed by atoms with Gasteiger partial charge in [-0.1, -0.05) is 0 Å². The first-order chi connectivity index (χ1) is 8.79. The van der Waals surface area contributed by atoms with Gasteiger partial charge in [-0.25, -0.2) is 0 Å². The fourth-order valence-electron chi connectivity index (χ4n) is 0.300. The highest BCUT2D eigenvalue weighted by Crippen LogP contribution is 1.66. The smallest absolute Gasteiger partial charge is 0.300 e. The van der Waals surface area contributed by atoms with Crippen molar-refractivity contribution in [3.63, 3.8) is 0 Å². The summed E-state index contributed by atoms with van der Waals surface area (Å²) in [5, 5.41) is 30.8. The molecule has 0 amide bonds. The topological polar surface area (TPSA) is 134 Å². The summed E-state index contributed by atoms with van der Waals surface area (Å²) in [7, 11) is 1.55. The van der Waals surface area contributed by atoms with Crippen LogP contribution in [0.15, 0.2) is 0 Å². The van der Waals surface area contributed by atoms with E-state index < -0.39 is 11.9 Å². The summed E-state index contributed by atoms with van der Waals surface area (Å²) in [5.74, 6) is -1.67. The molecule has 19 heavy (non-hydrogen) atoms. The second-order valence-electron chi connectivity index (χ2n) is 2.67. The molecule has 0 aromatic rings. The van der Waals surface area contributed by atoms with Gasteiger partial charge in [-0.3, -0.25) is 9.59 Å². The Bertz CT molecular complexity index is 146. The molecule has 118 valence electrons. The highest BCUT2D eigenvalue weighted by Gasteiger charge is 1.73. The van der Waals surface area contributed by atoms with Gasteiger partial charge in [-0.05, 0) is 6.92 Å². The average Bonchev–Trinajstić information content (AvgIpc) is 2.27. The van der Waals surface area contributed by atoms with Crippen LogP contribution in [0.3, 0.4) is 0 Å². The third kappa shape index (κ3) is 257. The zero-order valence-electron chi connectivity index (χ0n) is 12.0. The van der Waals surface area contributed by atoms with E-state index in [-0.39, 0.29) is 13.2 Å². The van der Waals surface area contributed by atoms with Crippen LogP contribution >= 0.6 is 0 Å². The molecule has 8 heteroatoms. The van der Waals surface area contributed by atoms with Crippen molar-refractivity contribution in [1.29, 1.82) is 0 Å². The first kappa shape index (κ1) is 26.4. The zero-order valence-corrected chi connectivity index (χ0v) is 12.0. The summed E-state index contributed by atoms with van der Waals surface area (Å²) < 4.78 is 9.17. The van der Waals surface area contributed by atoms with Gasteiger partial charge in [0.1, 0.15) is 0 Å². The molecular formula is C11H26O8. The van der Waals surface area contributed by atoms with Crippen LogP contribution in [0, 0.1) is 0 Å². The quantitative estimate of drug-likeness (QED) is 0.511. The number of rotatable bonds is 5. The maximum absolute atomic E-state index is 9.00. The van der Waals surface area contributed by atoms with E-state index in [1.165, 1.54) is 0 Å². The average molecular weight is 286 g/mol. The first-order valence-electron chi connectivity index (χ1n) is 5.47. The molecule has 0 radical (unpaired) electrons. The summed E-state index contributed by atoms with van der Waals surface area (Å²) in [6.07, 6.45) is 0. The number of hydrogen-bond donors (Lipinski definition) is 4. The molecule has 8 nitrogen and oxygen atoms in total. The summed E-state index contributed by atoms with van der Waals surface area (Å²) in [6, 6.07) is 0. The van der Waals surface area contributed by atoms with Crippen molar-refractivity contribution >= 4 is 11.9 Å². The van der Waals surface area contributed by atoms with Gasteiger partial charge < -0.3 is 29.9 Å². The predicted molar refractivity (Wildman–Crippen MR) is 69.2 cm³/mol. The molecule has 0 fully saturated rings. The number of ether oxygens (including phenoxy) is 2. The first-order valence-corrected chi connectivity index (χ1v) is 5.47. The second kappa shape index (κ2) is 30.1. The number of carboxylic acids is 2. The van der Waals surface area contributed by atoms with Crippen LogP contribution in [-0.4, -0.2) is 72.5 Å². The van der Waals surface area contributed by atoms with E-state index >= 15 is 0 Å². The second-order valence-corrected chi connectivity index (χ2v) is 2.67. The minimum atomic E-state index is -0.833. The highest BCUT2D eigenvalue weighted by molar-refractivity contribution is 5.63. The number of aliphatic hydroxyl groups excluding tert-OH is 2. The summed E-state index contributed by atoms with van der Waals surface area (Å²) >= 11 is 0. The van der Waals surface area contributed by atoms with E-state index in [0.29, 0.717) is 19.8 Å². The molecule has 0 bridgehead atoms. The maximum Gasteiger partial charge on any atom is 0.300 e. The monoisotopic (exact) mass is 286 g/mol. The van der Waals surface area contributed by atoms with Crippen LogP contribution in [0.5, 0.6) is 0 Å². The van der Waals surface area contributed by atoms with Crippen LogP contribution in [0.1, 0.15) is 20.8 Å². The molecule has 0 aliphatic carbocycles. The van der Waals surface area contributed by atoms with Gasteiger partial charge in [-0.2, -0.15) is 0 Å². The zero-order chi connectivity index (χ0) is 16.1. The minimum Gasteiger partial charge on any atom is -0.481 e. The lowest BCUT2D eigenvalue weighted by atomic mass is 10.8. The molecule has 0 atom stereocenters. The standard InChI is InChI=1S/C4H10O2.C3H8O2.2C2H4O2/c1-2-6-4-3-5;1-5-3-2-4;2*1-2(3)4/h5H,2-4H2,1H3;4H,2-3H2,1H3;2*1H3,(H,3,4). The summed E-state index contributed by atoms with van der Waals surface area (Å²) in [6.45, 7) is 5.93. The molecule has 0 saturated carbocycles. The van der Waals surface area contributed by atoms with Crippen LogP contribution in [0.4, 0.5) is 0 Å². The van der Waals surface area contributed by atoms with Crippen molar-refractivity contribution in [2.45, 2.75) is 20.8 Å². The van der Waals surface area contributed by atoms with E-state index in [0.717, 1.165) is 13.8 Å². The molecule has 0 saturated heterocycles. The molecule has 4 N–H and O–H groups in total. The predicted octanol–water partition coefficient (Wildman–Crippen LogP) is -0.178. The molecule has 0 spiro atoms.